The van der Waals surface area contributed by atoms with Crippen molar-refractivity contribution in [3.05, 3.63) is 23.8 Å². The van der Waals surface area contributed by atoms with Gasteiger partial charge < -0.3 is 20.1 Å². The van der Waals surface area contributed by atoms with Crippen LogP contribution in [0.25, 0.3) is 0 Å². The maximum atomic E-state index is 12.6. The normalized spacial score (nSPS) is 21.7. The molecule has 0 spiro atoms. The summed E-state index contributed by atoms with van der Waals surface area (Å²) in [5.41, 5.74) is 6.51. The van der Waals surface area contributed by atoms with Crippen LogP contribution < -0.4 is 15.2 Å². The highest BCUT2D eigenvalue weighted by atomic mass is 16.5. The first-order valence-electron chi connectivity index (χ1n) is 7.31. The molecule has 0 aliphatic heterocycles. The van der Waals surface area contributed by atoms with E-state index in [4.69, 9.17) is 15.2 Å². The van der Waals surface area contributed by atoms with Gasteiger partial charge in [0.15, 0.2) is 0 Å². The van der Waals surface area contributed by atoms with E-state index in [9.17, 15) is 4.79 Å². The number of ether oxygens (including phenoxy) is 2. The molecule has 1 fully saturated rings. The van der Waals surface area contributed by atoms with Crippen molar-refractivity contribution in [2.45, 2.75) is 37.8 Å². The van der Waals surface area contributed by atoms with Gasteiger partial charge in [0.25, 0.3) is 5.91 Å². The van der Waals surface area contributed by atoms with Crippen LogP contribution in [0.1, 0.15) is 36.0 Å². The number of nitrogens with two attached hydrogens (primary N) is 1. The van der Waals surface area contributed by atoms with E-state index in [1.165, 1.54) is 0 Å². The van der Waals surface area contributed by atoms with Crippen molar-refractivity contribution in [3.63, 3.8) is 0 Å². The van der Waals surface area contributed by atoms with Crippen LogP contribution in [0.4, 0.5) is 0 Å². The molecule has 2 rings (SSSR count). The number of methoxy groups -OCH3 is 2. The summed E-state index contributed by atoms with van der Waals surface area (Å²) < 4.78 is 10.4. The van der Waals surface area contributed by atoms with Crippen molar-refractivity contribution in [1.29, 1.82) is 0 Å². The van der Waals surface area contributed by atoms with Crippen LogP contribution in [0, 0.1) is 0 Å². The molecule has 0 saturated heterocycles. The molecule has 1 aliphatic rings. The summed E-state index contributed by atoms with van der Waals surface area (Å²) in [6.45, 7) is 0. The van der Waals surface area contributed by atoms with Gasteiger partial charge in [-0.2, -0.15) is 0 Å². The van der Waals surface area contributed by atoms with Crippen molar-refractivity contribution in [3.8, 4) is 11.5 Å². The Balaban J connectivity index is 2.15. The summed E-state index contributed by atoms with van der Waals surface area (Å²) in [4.78, 5) is 14.5. The summed E-state index contributed by atoms with van der Waals surface area (Å²) >= 11 is 0. The fourth-order valence-corrected chi connectivity index (χ4v) is 2.79. The van der Waals surface area contributed by atoms with Gasteiger partial charge in [-0.1, -0.05) is 0 Å². The lowest BCUT2D eigenvalue weighted by Gasteiger charge is -2.33. The molecule has 1 aromatic rings. The third kappa shape index (κ3) is 3.67. The van der Waals surface area contributed by atoms with Crippen LogP contribution in [-0.2, 0) is 0 Å². The predicted octanol–water partition coefficient (Wildman–Crippen LogP) is 2.05. The third-order valence-electron chi connectivity index (χ3n) is 4.21. The fraction of sp³-hybridized carbons (Fsp3) is 0.562. The molecule has 1 aliphatic carbocycles. The zero-order valence-corrected chi connectivity index (χ0v) is 13.0. The highest BCUT2D eigenvalue weighted by molar-refractivity contribution is 5.95. The summed E-state index contributed by atoms with van der Waals surface area (Å²) in [5.74, 6) is 1.24. The number of benzene rings is 1. The Hall–Kier alpha value is -1.75. The maximum absolute atomic E-state index is 12.6. The minimum atomic E-state index is -0.00679. The van der Waals surface area contributed by atoms with Gasteiger partial charge in [-0.3, -0.25) is 4.79 Å². The molecular formula is C16H24N2O3. The Morgan fingerprint density at radius 3 is 2.10 bits per heavy atom. The Labute approximate surface area is 126 Å². The van der Waals surface area contributed by atoms with Crippen LogP contribution in [0.3, 0.4) is 0 Å². The molecule has 1 aromatic carbocycles. The number of rotatable bonds is 4. The number of hydrogen-bond donors (Lipinski definition) is 1. The van der Waals surface area contributed by atoms with Crippen LogP contribution in [0.2, 0.25) is 0 Å². The lowest BCUT2D eigenvalue weighted by molar-refractivity contribution is 0.0689. The highest BCUT2D eigenvalue weighted by Crippen LogP contribution is 2.26. The predicted molar refractivity (Wildman–Crippen MR) is 81.9 cm³/mol. The topological polar surface area (TPSA) is 64.8 Å². The average molecular weight is 292 g/mol. The Kier molecular flexibility index (Phi) is 5.07. The smallest absolute Gasteiger partial charge is 0.254 e. The van der Waals surface area contributed by atoms with E-state index < -0.39 is 0 Å². The zero-order valence-electron chi connectivity index (χ0n) is 13.0. The van der Waals surface area contributed by atoms with Crippen molar-refractivity contribution < 1.29 is 14.3 Å². The first-order chi connectivity index (χ1) is 10.0. The average Bonchev–Trinajstić information content (AvgIpc) is 2.53. The monoisotopic (exact) mass is 292 g/mol. The van der Waals surface area contributed by atoms with Crippen LogP contribution >= 0.6 is 0 Å². The molecule has 0 bridgehead atoms. The maximum Gasteiger partial charge on any atom is 0.254 e. The molecule has 2 N–H and O–H groups in total. The van der Waals surface area contributed by atoms with Gasteiger partial charge in [-0.25, -0.2) is 0 Å². The molecule has 116 valence electrons. The number of carbonyl (C=O) groups is 1. The van der Waals surface area contributed by atoms with Gasteiger partial charge >= 0.3 is 0 Å². The molecule has 0 unspecified atom stereocenters. The number of carbonyl (C=O) groups excluding carboxylic acids is 1. The first-order valence-corrected chi connectivity index (χ1v) is 7.31. The van der Waals surface area contributed by atoms with E-state index in [1.54, 1.807) is 32.4 Å². The Bertz CT molecular complexity index is 474. The van der Waals surface area contributed by atoms with Crippen LogP contribution in [-0.4, -0.2) is 44.2 Å². The molecule has 21 heavy (non-hydrogen) atoms. The van der Waals surface area contributed by atoms with Crippen molar-refractivity contribution >= 4 is 5.91 Å². The number of amides is 1. The van der Waals surface area contributed by atoms with E-state index in [-0.39, 0.29) is 18.0 Å². The second-order valence-electron chi connectivity index (χ2n) is 5.59. The summed E-state index contributed by atoms with van der Waals surface area (Å²) in [6, 6.07) is 5.79. The SMILES string of the molecule is COc1cc(OC)cc(C(=O)N(C)C2CCC(N)CC2)c1. The Morgan fingerprint density at radius 1 is 1.10 bits per heavy atom. The van der Waals surface area contributed by atoms with Gasteiger partial charge in [-0.15, -0.1) is 0 Å². The second-order valence-corrected chi connectivity index (χ2v) is 5.59. The molecule has 0 atom stereocenters. The molecule has 0 heterocycles. The van der Waals surface area contributed by atoms with Crippen molar-refractivity contribution in [1.82, 2.24) is 4.90 Å². The number of hydrogen-bond acceptors (Lipinski definition) is 4. The molecule has 5 heteroatoms. The molecule has 0 aromatic heterocycles. The zero-order chi connectivity index (χ0) is 15.4. The van der Waals surface area contributed by atoms with Crippen LogP contribution in [0.5, 0.6) is 11.5 Å². The molecular weight excluding hydrogens is 268 g/mol. The van der Waals surface area contributed by atoms with E-state index >= 15 is 0 Å². The summed E-state index contributed by atoms with van der Waals surface area (Å²) in [7, 11) is 5.01. The Morgan fingerprint density at radius 2 is 1.62 bits per heavy atom. The van der Waals surface area contributed by atoms with E-state index in [2.05, 4.69) is 0 Å². The lowest BCUT2D eigenvalue weighted by Crippen LogP contribution is -2.41. The number of nitrogens with zero attached hydrogens (tertiary/aromatic N) is 1. The van der Waals surface area contributed by atoms with Crippen molar-refractivity contribution in [2.75, 3.05) is 21.3 Å². The minimum Gasteiger partial charge on any atom is -0.497 e. The molecule has 0 radical (unpaired) electrons. The molecule has 1 saturated carbocycles. The second kappa shape index (κ2) is 6.80. The van der Waals surface area contributed by atoms with Gasteiger partial charge in [0.2, 0.25) is 0 Å². The summed E-state index contributed by atoms with van der Waals surface area (Å²) in [6.07, 6.45) is 3.88. The summed E-state index contributed by atoms with van der Waals surface area (Å²) in [5, 5.41) is 0. The molecule has 1 amide bonds. The van der Waals surface area contributed by atoms with Gasteiger partial charge in [0, 0.05) is 30.8 Å². The van der Waals surface area contributed by atoms with E-state index in [0.717, 1.165) is 25.7 Å². The molecule has 5 nitrogen and oxygen atoms in total. The standard InChI is InChI=1S/C16H24N2O3/c1-18(13-6-4-12(17)5-7-13)16(19)11-8-14(20-2)10-15(9-11)21-3/h8-10,12-13H,4-7,17H2,1-3H3. The minimum absolute atomic E-state index is 0.00679. The highest BCUT2D eigenvalue weighted by Gasteiger charge is 2.26. The van der Waals surface area contributed by atoms with Gasteiger partial charge in [0.05, 0.1) is 14.2 Å². The quantitative estimate of drug-likeness (QED) is 0.922. The fourth-order valence-electron chi connectivity index (χ4n) is 2.79. The van der Waals surface area contributed by atoms with E-state index in [0.29, 0.717) is 17.1 Å². The van der Waals surface area contributed by atoms with Crippen molar-refractivity contribution in [2.24, 2.45) is 5.73 Å². The lowest BCUT2D eigenvalue weighted by atomic mass is 9.90. The van der Waals surface area contributed by atoms with Gasteiger partial charge in [0.1, 0.15) is 11.5 Å². The first kappa shape index (κ1) is 15.6. The third-order valence-corrected chi connectivity index (χ3v) is 4.21. The van der Waals surface area contributed by atoms with Gasteiger partial charge in [-0.05, 0) is 37.8 Å². The van der Waals surface area contributed by atoms with E-state index in [1.807, 2.05) is 11.9 Å². The largest absolute Gasteiger partial charge is 0.497 e. The van der Waals surface area contributed by atoms with Crippen LogP contribution in [0.15, 0.2) is 18.2 Å².